The van der Waals surface area contributed by atoms with E-state index in [0.29, 0.717) is 12.2 Å². The van der Waals surface area contributed by atoms with E-state index in [1.54, 1.807) is 24.0 Å². The van der Waals surface area contributed by atoms with Crippen molar-refractivity contribution in [3.8, 4) is 0 Å². The fourth-order valence-corrected chi connectivity index (χ4v) is 3.60. The predicted octanol–water partition coefficient (Wildman–Crippen LogP) is 5.50. The number of nitrogens with zero attached hydrogens (tertiary/aromatic N) is 3. The van der Waals surface area contributed by atoms with Crippen molar-refractivity contribution < 1.29 is 27.2 Å². The van der Waals surface area contributed by atoms with Gasteiger partial charge in [-0.15, -0.1) is 0 Å². The highest BCUT2D eigenvalue weighted by atomic mass is 19.4. The molecule has 7 nitrogen and oxygen atoms in total. The molecular weight excluding hydrogens is 461 g/mol. The summed E-state index contributed by atoms with van der Waals surface area (Å²) in [5.41, 5.74) is -0.433. The summed E-state index contributed by atoms with van der Waals surface area (Å²) < 4.78 is 47.5. The number of amides is 3. The highest BCUT2D eigenvalue weighted by molar-refractivity contribution is 5.93. The van der Waals surface area contributed by atoms with Crippen molar-refractivity contribution in [2.45, 2.75) is 45.6 Å². The molecular formula is C25H29F3N4O3. The van der Waals surface area contributed by atoms with Gasteiger partial charge in [0.15, 0.2) is 0 Å². The Labute approximate surface area is 202 Å². The Morgan fingerprint density at radius 3 is 2.43 bits per heavy atom. The van der Waals surface area contributed by atoms with Crippen LogP contribution in [0.5, 0.6) is 0 Å². The number of hydrogen-bond donors (Lipinski definition) is 1. The second-order valence-electron chi connectivity index (χ2n) is 8.30. The lowest BCUT2D eigenvalue weighted by Crippen LogP contribution is -2.48. The van der Waals surface area contributed by atoms with E-state index in [4.69, 9.17) is 4.42 Å². The summed E-state index contributed by atoms with van der Waals surface area (Å²) in [6.07, 6.45) is -0.743. The fourth-order valence-electron chi connectivity index (χ4n) is 3.60. The molecule has 1 unspecified atom stereocenters. The summed E-state index contributed by atoms with van der Waals surface area (Å²) in [7, 11) is 1.86. The topological polar surface area (TPSA) is 70.7 Å². The zero-order valence-corrected chi connectivity index (χ0v) is 19.9. The van der Waals surface area contributed by atoms with Crippen molar-refractivity contribution in [1.29, 1.82) is 0 Å². The number of furan rings is 1. The number of carbonyl (C=O) groups is 2. The first-order chi connectivity index (χ1) is 16.6. The first kappa shape index (κ1) is 25.9. The molecule has 0 saturated carbocycles. The van der Waals surface area contributed by atoms with Crippen LogP contribution in [-0.4, -0.2) is 38.9 Å². The van der Waals surface area contributed by atoms with Gasteiger partial charge in [0.05, 0.1) is 30.6 Å². The summed E-state index contributed by atoms with van der Waals surface area (Å²) in [5.74, 6) is 0.216. The Hall–Kier alpha value is -3.69. The number of benzene rings is 1. The van der Waals surface area contributed by atoms with Gasteiger partial charge >= 0.3 is 12.2 Å². The van der Waals surface area contributed by atoms with Crippen LogP contribution in [0.3, 0.4) is 0 Å². The molecule has 1 aromatic carbocycles. The smallest absolute Gasteiger partial charge is 0.418 e. The van der Waals surface area contributed by atoms with Crippen LogP contribution in [0, 0.1) is 0 Å². The van der Waals surface area contributed by atoms with Gasteiger partial charge in [-0.2, -0.15) is 13.2 Å². The average Bonchev–Trinajstić information content (AvgIpc) is 3.47. The molecule has 2 aromatic heterocycles. The second-order valence-corrected chi connectivity index (χ2v) is 8.30. The molecule has 0 saturated heterocycles. The normalized spacial score (nSPS) is 12.3. The highest BCUT2D eigenvalue weighted by Crippen LogP contribution is 2.34. The largest absolute Gasteiger partial charge is 0.467 e. The number of urea groups is 1. The number of aryl methyl sites for hydroxylation is 1. The van der Waals surface area contributed by atoms with Gasteiger partial charge in [-0.25, -0.2) is 4.79 Å². The number of para-hydroxylation sites is 1. The van der Waals surface area contributed by atoms with Gasteiger partial charge in [-0.3, -0.25) is 4.79 Å². The molecule has 1 N–H and O–H groups in total. The minimum atomic E-state index is -4.63. The van der Waals surface area contributed by atoms with Crippen LogP contribution in [0.4, 0.5) is 23.7 Å². The number of carbonyl (C=O) groups excluding carboxylic acids is 2. The zero-order valence-electron chi connectivity index (χ0n) is 19.9. The maximum absolute atomic E-state index is 13.4. The monoisotopic (exact) mass is 490 g/mol. The predicted molar refractivity (Wildman–Crippen MR) is 125 cm³/mol. The van der Waals surface area contributed by atoms with Crippen molar-refractivity contribution in [1.82, 2.24) is 14.4 Å². The molecule has 0 bridgehead atoms. The van der Waals surface area contributed by atoms with E-state index >= 15 is 0 Å². The lowest BCUT2D eigenvalue weighted by atomic mass is 10.1. The number of nitrogens with one attached hydrogen (secondary N) is 1. The van der Waals surface area contributed by atoms with E-state index in [1.807, 2.05) is 36.9 Å². The number of hydrogen-bond acceptors (Lipinski definition) is 3. The third-order valence-electron chi connectivity index (χ3n) is 5.85. The molecule has 0 radical (unpaired) electrons. The number of halogens is 3. The van der Waals surface area contributed by atoms with Crippen molar-refractivity contribution in [2.24, 2.45) is 7.05 Å². The molecule has 0 aliphatic heterocycles. The van der Waals surface area contributed by atoms with Crippen molar-refractivity contribution in [3.05, 3.63) is 78.0 Å². The average molecular weight is 491 g/mol. The summed E-state index contributed by atoms with van der Waals surface area (Å²) in [6.45, 7) is 3.74. The molecule has 3 aromatic rings. The van der Waals surface area contributed by atoms with E-state index in [1.165, 1.54) is 29.4 Å². The molecule has 0 aliphatic carbocycles. The minimum absolute atomic E-state index is 0.184. The number of alkyl halides is 3. The van der Waals surface area contributed by atoms with E-state index < -0.39 is 23.8 Å². The van der Waals surface area contributed by atoms with Gasteiger partial charge < -0.3 is 24.1 Å². The molecule has 0 aliphatic rings. The van der Waals surface area contributed by atoms with Crippen LogP contribution in [0.15, 0.2) is 65.4 Å². The third kappa shape index (κ3) is 6.68. The number of anilines is 1. The number of rotatable bonds is 9. The first-order valence-corrected chi connectivity index (χ1v) is 11.2. The lowest BCUT2D eigenvalue weighted by Gasteiger charge is -2.31. The summed E-state index contributed by atoms with van der Waals surface area (Å²) in [4.78, 5) is 29.3. The van der Waals surface area contributed by atoms with Gasteiger partial charge in [-0.05, 0) is 49.7 Å². The Kier molecular flexibility index (Phi) is 8.26. The Bertz CT molecular complexity index is 1130. The van der Waals surface area contributed by atoms with E-state index in [-0.39, 0.29) is 31.2 Å². The minimum Gasteiger partial charge on any atom is -0.467 e. The van der Waals surface area contributed by atoms with Gasteiger partial charge in [0.2, 0.25) is 5.91 Å². The van der Waals surface area contributed by atoms with Crippen molar-refractivity contribution in [2.75, 3.05) is 11.9 Å². The number of aromatic nitrogens is 1. The summed E-state index contributed by atoms with van der Waals surface area (Å²) >= 11 is 0. The van der Waals surface area contributed by atoms with Crippen LogP contribution in [0.2, 0.25) is 0 Å². The van der Waals surface area contributed by atoms with Gasteiger partial charge in [0.25, 0.3) is 0 Å². The quantitative estimate of drug-likeness (QED) is 0.431. The second kappa shape index (κ2) is 11.2. The SMILES string of the molecule is CCC(C)N(CC(=O)N(Cc1ccco1)Cc1cccn1C)C(=O)Nc1ccccc1C(F)(F)F. The molecule has 10 heteroatoms. The van der Waals surface area contributed by atoms with E-state index in [9.17, 15) is 22.8 Å². The molecule has 3 rings (SSSR count). The van der Waals surface area contributed by atoms with Gasteiger partial charge in [-0.1, -0.05) is 19.1 Å². The summed E-state index contributed by atoms with van der Waals surface area (Å²) in [6, 6.07) is 10.8. The highest BCUT2D eigenvalue weighted by Gasteiger charge is 2.34. The molecule has 0 spiro atoms. The maximum atomic E-state index is 13.4. The maximum Gasteiger partial charge on any atom is 0.418 e. The summed E-state index contributed by atoms with van der Waals surface area (Å²) in [5, 5.41) is 2.35. The van der Waals surface area contributed by atoms with Crippen LogP contribution in [0.1, 0.15) is 37.3 Å². The van der Waals surface area contributed by atoms with Crippen LogP contribution < -0.4 is 5.32 Å². The molecule has 0 fully saturated rings. The molecule has 3 amide bonds. The first-order valence-electron chi connectivity index (χ1n) is 11.2. The van der Waals surface area contributed by atoms with Crippen molar-refractivity contribution >= 4 is 17.6 Å². The van der Waals surface area contributed by atoms with Crippen LogP contribution in [-0.2, 0) is 31.1 Å². The van der Waals surface area contributed by atoms with E-state index in [2.05, 4.69) is 5.32 Å². The molecule has 2 heterocycles. The van der Waals surface area contributed by atoms with Crippen LogP contribution in [0.25, 0.3) is 0 Å². The van der Waals surface area contributed by atoms with Crippen molar-refractivity contribution in [3.63, 3.8) is 0 Å². The Morgan fingerprint density at radius 1 is 1.09 bits per heavy atom. The molecule has 1 atom stereocenters. The fraction of sp³-hybridized carbons (Fsp3) is 0.360. The standard InChI is InChI=1S/C25H29F3N4O3/c1-4-18(2)32(24(34)29-22-12-6-5-11-21(22)25(26,27)28)17-23(33)31(16-20-10-8-14-35-20)15-19-9-7-13-30(19)3/h5-14,18H,4,15-17H2,1-3H3,(H,29,34). The lowest BCUT2D eigenvalue weighted by molar-refractivity contribution is -0.137. The van der Waals surface area contributed by atoms with Gasteiger partial charge in [0, 0.05) is 25.0 Å². The van der Waals surface area contributed by atoms with Gasteiger partial charge in [0.1, 0.15) is 12.3 Å². The molecule has 188 valence electrons. The Morgan fingerprint density at radius 2 is 1.83 bits per heavy atom. The van der Waals surface area contributed by atoms with Crippen LogP contribution >= 0.6 is 0 Å². The Balaban J connectivity index is 1.82. The third-order valence-corrected chi connectivity index (χ3v) is 5.85. The van der Waals surface area contributed by atoms with E-state index in [0.717, 1.165) is 11.8 Å². The molecule has 35 heavy (non-hydrogen) atoms. The zero-order chi connectivity index (χ0) is 25.6.